The molecule has 2 fully saturated rings. The van der Waals surface area contributed by atoms with Crippen LogP contribution in [0.15, 0.2) is 24.3 Å². The maximum Gasteiger partial charge on any atom is 0.208 e. The summed E-state index contributed by atoms with van der Waals surface area (Å²) in [5.74, 6) is 0. The van der Waals surface area contributed by atoms with Crippen LogP contribution in [0.1, 0.15) is 30.4 Å². The highest BCUT2D eigenvalue weighted by Gasteiger charge is 2.43. The summed E-state index contributed by atoms with van der Waals surface area (Å²) in [5.41, 5.74) is 2.40. The lowest BCUT2D eigenvalue weighted by Gasteiger charge is -2.38. The monoisotopic (exact) mass is 338 g/mol. The van der Waals surface area contributed by atoms with E-state index in [1.165, 1.54) is 17.4 Å². The van der Waals surface area contributed by atoms with E-state index in [-0.39, 0.29) is 11.6 Å². The first-order chi connectivity index (χ1) is 10.8. The molecule has 6 heteroatoms. The highest BCUT2D eigenvalue weighted by atomic mass is 32.2. The number of benzene rings is 1. The number of ether oxygens (including phenoxy) is 1. The molecule has 1 aromatic rings. The maximum absolute atomic E-state index is 11.5. The smallest absolute Gasteiger partial charge is 0.208 e. The Morgan fingerprint density at radius 3 is 2.78 bits per heavy atom. The lowest BCUT2D eigenvalue weighted by molar-refractivity contribution is -0.0779. The van der Waals surface area contributed by atoms with Crippen molar-refractivity contribution < 1.29 is 13.2 Å². The Hall–Kier alpha value is -0.950. The van der Waals surface area contributed by atoms with Gasteiger partial charge in [0, 0.05) is 32.3 Å². The fourth-order valence-corrected chi connectivity index (χ4v) is 4.54. The van der Waals surface area contributed by atoms with Crippen molar-refractivity contribution in [3.05, 3.63) is 35.4 Å². The number of hydrogen-bond donors (Lipinski definition) is 1. The molecule has 0 radical (unpaired) electrons. The molecule has 2 saturated heterocycles. The lowest BCUT2D eigenvalue weighted by atomic mass is 9.90. The number of likely N-dealkylation sites (tertiary alicyclic amines) is 1. The zero-order valence-electron chi connectivity index (χ0n) is 13.9. The largest absolute Gasteiger partial charge is 0.373 e. The highest BCUT2D eigenvalue weighted by molar-refractivity contribution is 7.88. The zero-order valence-corrected chi connectivity index (χ0v) is 14.7. The first-order valence-electron chi connectivity index (χ1n) is 8.23. The van der Waals surface area contributed by atoms with Gasteiger partial charge in [-0.05, 0) is 31.7 Å². The summed E-state index contributed by atoms with van der Waals surface area (Å²) in [4.78, 5) is 2.41. The summed E-state index contributed by atoms with van der Waals surface area (Å²) in [6, 6.07) is 8.64. The quantitative estimate of drug-likeness (QED) is 0.907. The van der Waals surface area contributed by atoms with Crippen molar-refractivity contribution in [2.75, 3.05) is 26.0 Å². The van der Waals surface area contributed by atoms with Crippen LogP contribution in [0.2, 0.25) is 0 Å². The molecule has 128 valence electrons. The predicted octanol–water partition coefficient (Wildman–Crippen LogP) is 1.67. The minimum atomic E-state index is -3.16. The van der Waals surface area contributed by atoms with Crippen LogP contribution in [0.3, 0.4) is 0 Å². The lowest BCUT2D eigenvalue weighted by Crippen LogP contribution is -2.49. The van der Waals surface area contributed by atoms with Crippen LogP contribution in [0.25, 0.3) is 0 Å². The summed E-state index contributed by atoms with van der Waals surface area (Å²) < 4.78 is 31.8. The van der Waals surface area contributed by atoms with E-state index in [1.54, 1.807) is 0 Å². The van der Waals surface area contributed by atoms with Gasteiger partial charge in [0.05, 0.1) is 11.9 Å². The Labute approximate surface area is 139 Å². The predicted molar refractivity (Wildman–Crippen MR) is 90.8 cm³/mol. The Morgan fingerprint density at radius 2 is 2.09 bits per heavy atom. The second-order valence-corrected chi connectivity index (χ2v) is 8.84. The third-order valence-corrected chi connectivity index (χ3v) is 5.56. The third-order valence-electron chi connectivity index (χ3n) is 4.80. The fourth-order valence-electron chi connectivity index (χ4n) is 3.73. The third kappa shape index (κ3) is 4.53. The molecular formula is C17H26N2O3S. The summed E-state index contributed by atoms with van der Waals surface area (Å²) in [5, 5.41) is 0. The Balaban J connectivity index is 1.60. The van der Waals surface area contributed by atoms with Crippen molar-refractivity contribution in [1.29, 1.82) is 0 Å². The van der Waals surface area contributed by atoms with E-state index in [4.69, 9.17) is 4.74 Å². The number of nitrogens with zero attached hydrogens (tertiary/aromatic N) is 1. The number of nitrogens with one attached hydrogen (secondary N) is 1. The normalized spacial score (nSPS) is 29.2. The molecule has 0 aromatic heterocycles. The molecule has 0 saturated carbocycles. The van der Waals surface area contributed by atoms with Crippen molar-refractivity contribution in [3.8, 4) is 0 Å². The summed E-state index contributed by atoms with van der Waals surface area (Å²) >= 11 is 0. The first kappa shape index (κ1) is 16.9. The van der Waals surface area contributed by atoms with Gasteiger partial charge in [0.2, 0.25) is 10.0 Å². The van der Waals surface area contributed by atoms with Crippen LogP contribution >= 0.6 is 0 Å². The van der Waals surface area contributed by atoms with Crippen molar-refractivity contribution in [3.63, 3.8) is 0 Å². The molecule has 0 unspecified atom stereocenters. The van der Waals surface area contributed by atoms with E-state index < -0.39 is 10.0 Å². The number of sulfonamides is 1. The second kappa shape index (κ2) is 6.51. The molecule has 0 bridgehead atoms. The van der Waals surface area contributed by atoms with Gasteiger partial charge in [-0.3, -0.25) is 4.90 Å². The zero-order chi connectivity index (χ0) is 16.5. The molecule has 2 heterocycles. The van der Waals surface area contributed by atoms with Crippen molar-refractivity contribution in [2.24, 2.45) is 0 Å². The van der Waals surface area contributed by atoms with Crippen LogP contribution in [0, 0.1) is 6.92 Å². The van der Waals surface area contributed by atoms with E-state index in [1.807, 2.05) is 0 Å². The molecule has 0 aliphatic carbocycles. The molecular weight excluding hydrogens is 312 g/mol. The van der Waals surface area contributed by atoms with Crippen LogP contribution in [-0.2, 0) is 21.3 Å². The molecule has 2 aliphatic heterocycles. The first-order valence-corrected chi connectivity index (χ1v) is 10.1. The Morgan fingerprint density at radius 1 is 1.35 bits per heavy atom. The standard InChI is InChI=1S/C17H26N2O3S/c1-14-3-5-15(6-4-14)12-19-9-8-17(13-19)11-16(7-10-22-17)18-23(2,20)21/h3-6,16,18H,7-13H2,1-2H3/t16-,17+/m1/s1. The van der Waals surface area contributed by atoms with E-state index >= 15 is 0 Å². The SMILES string of the molecule is Cc1ccc(CN2CC[C@]3(C[C@H](NS(C)(=O)=O)CCO3)C2)cc1. The highest BCUT2D eigenvalue weighted by Crippen LogP contribution is 2.35. The van der Waals surface area contributed by atoms with Crippen molar-refractivity contribution in [1.82, 2.24) is 9.62 Å². The van der Waals surface area contributed by atoms with Crippen LogP contribution in [0.4, 0.5) is 0 Å². The van der Waals surface area contributed by atoms with E-state index in [0.29, 0.717) is 6.61 Å². The average Bonchev–Trinajstić information content (AvgIpc) is 2.82. The summed E-state index contributed by atoms with van der Waals surface area (Å²) in [7, 11) is -3.16. The molecule has 5 nitrogen and oxygen atoms in total. The van der Waals surface area contributed by atoms with Gasteiger partial charge in [0.1, 0.15) is 0 Å². The van der Waals surface area contributed by atoms with Crippen LogP contribution < -0.4 is 4.72 Å². The van der Waals surface area contributed by atoms with Gasteiger partial charge in [-0.15, -0.1) is 0 Å². The summed E-state index contributed by atoms with van der Waals surface area (Å²) in [6.07, 6.45) is 3.73. The number of hydrogen-bond acceptors (Lipinski definition) is 4. The fraction of sp³-hybridized carbons (Fsp3) is 0.647. The van der Waals surface area contributed by atoms with Gasteiger partial charge >= 0.3 is 0 Å². The molecule has 0 amide bonds. The molecule has 2 aliphatic rings. The van der Waals surface area contributed by atoms with Crippen molar-refractivity contribution >= 4 is 10.0 Å². The molecule has 1 N–H and O–H groups in total. The molecule has 1 aromatic carbocycles. The Bertz CT molecular complexity index is 644. The molecule has 23 heavy (non-hydrogen) atoms. The topological polar surface area (TPSA) is 58.6 Å². The minimum absolute atomic E-state index is 0.00178. The van der Waals surface area contributed by atoms with Gasteiger partial charge in [-0.1, -0.05) is 29.8 Å². The average molecular weight is 338 g/mol. The van der Waals surface area contributed by atoms with Gasteiger partial charge in [0.15, 0.2) is 0 Å². The minimum Gasteiger partial charge on any atom is -0.373 e. The maximum atomic E-state index is 11.5. The van der Waals surface area contributed by atoms with Gasteiger partial charge in [-0.2, -0.15) is 0 Å². The Kier molecular flexibility index (Phi) is 4.78. The number of aryl methyl sites for hydroxylation is 1. The second-order valence-electron chi connectivity index (χ2n) is 7.06. The van der Waals surface area contributed by atoms with E-state index in [2.05, 4.69) is 40.8 Å². The number of rotatable bonds is 4. The van der Waals surface area contributed by atoms with Crippen LogP contribution in [-0.4, -0.2) is 50.9 Å². The molecule has 1 spiro atoms. The van der Waals surface area contributed by atoms with E-state index in [0.717, 1.165) is 38.9 Å². The summed E-state index contributed by atoms with van der Waals surface area (Å²) in [6.45, 7) is 5.53. The molecule has 3 rings (SSSR count). The van der Waals surface area contributed by atoms with Gasteiger partial charge < -0.3 is 4.74 Å². The molecule has 2 atom stereocenters. The van der Waals surface area contributed by atoms with Crippen LogP contribution in [0.5, 0.6) is 0 Å². The van der Waals surface area contributed by atoms with Gasteiger partial charge in [-0.25, -0.2) is 13.1 Å². The van der Waals surface area contributed by atoms with E-state index in [9.17, 15) is 8.42 Å². The van der Waals surface area contributed by atoms with Gasteiger partial charge in [0.25, 0.3) is 0 Å². The van der Waals surface area contributed by atoms with Crippen molar-refractivity contribution in [2.45, 2.75) is 44.4 Å².